The highest BCUT2D eigenvalue weighted by atomic mass is 35.5. The normalized spacial score (nSPS) is 10.9. The molecule has 1 N–H and O–H groups in total. The molecule has 0 fully saturated rings. The van der Waals surface area contributed by atoms with Crippen molar-refractivity contribution in [3.8, 4) is 11.5 Å². The number of thiophene rings is 1. The van der Waals surface area contributed by atoms with Crippen LogP contribution in [0.3, 0.4) is 0 Å². The number of carbonyl (C=O) groups is 2. The zero-order valence-corrected chi connectivity index (χ0v) is 17.5. The van der Waals surface area contributed by atoms with Gasteiger partial charge in [0.25, 0.3) is 5.91 Å². The molecule has 0 aliphatic rings. The van der Waals surface area contributed by atoms with Crippen LogP contribution in [0.15, 0.2) is 59.0 Å². The summed E-state index contributed by atoms with van der Waals surface area (Å²) in [6.45, 7) is 1.44. The van der Waals surface area contributed by atoms with Crippen molar-refractivity contribution in [2.45, 2.75) is 13.5 Å². The van der Waals surface area contributed by atoms with Gasteiger partial charge in [-0.15, -0.1) is 11.3 Å². The number of rotatable bonds is 6. The quantitative estimate of drug-likeness (QED) is 0.427. The minimum absolute atomic E-state index is 0.0412. The van der Waals surface area contributed by atoms with Gasteiger partial charge in [0.1, 0.15) is 29.5 Å². The Balaban J connectivity index is 1.33. The third kappa shape index (κ3) is 4.22. The van der Waals surface area contributed by atoms with Crippen LogP contribution in [0.25, 0.3) is 21.5 Å². The summed E-state index contributed by atoms with van der Waals surface area (Å²) in [5, 5.41) is 3.75. The summed E-state index contributed by atoms with van der Waals surface area (Å²) in [6.07, 6.45) is 0. The maximum Gasteiger partial charge on any atom is 0.325 e. The molecule has 2 aromatic carbocycles. The van der Waals surface area contributed by atoms with E-state index in [-0.39, 0.29) is 13.2 Å². The van der Waals surface area contributed by atoms with Gasteiger partial charge in [-0.3, -0.25) is 9.59 Å². The summed E-state index contributed by atoms with van der Waals surface area (Å²) in [5.74, 6) is 0.0426. The lowest BCUT2D eigenvalue weighted by atomic mass is 10.2. The van der Waals surface area contributed by atoms with Gasteiger partial charge in [-0.2, -0.15) is 0 Å². The number of aryl methyl sites for hydroxylation is 1. The number of fused-ring (bicyclic) bond motifs is 1. The van der Waals surface area contributed by atoms with Crippen molar-refractivity contribution in [2.24, 2.45) is 0 Å². The van der Waals surface area contributed by atoms with Crippen molar-refractivity contribution in [1.82, 2.24) is 10.3 Å². The van der Waals surface area contributed by atoms with Crippen LogP contribution in [0.1, 0.15) is 21.1 Å². The number of carbonyl (C=O) groups excluding carboxylic acids is 2. The van der Waals surface area contributed by atoms with Gasteiger partial charge < -0.3 is 14.5 Å². The molecular formula is C22H17ClN2O4S. The highest BCUT2D eigenvalue weighted by Gasteiger charge is 2.18. The molecule has 6 nitrogen and oxygen atoms in total. The number of amides is 1. The van der Waals surface area contributed by atoms with Gasteiger partial charge in [0.15, 0.2) is 0 Å². The average molecular weight is 441 g/mol. The van der Waals surface area contributed by atoms with Crippen LogP contribution < -0.4 is 5.32 Å². The molecule has 152 valence electrons. The minimum atomic E-state index is -0.579. The second-order valence-electron chi connectivity index (χ2n) is 6.47. The largest absolute Gasteiger partial charge is 0.458 e. The maximum atomic E-state index is 12.4. The molecule has 0 saturated heterocycles. The second-order valence-corrected chi connectivity index (χ2v) is 7.90. The first kappa shape index (κ1) is 20.1. The van der Waals surface area contributed by atoms with Crippen molar-refractivity contribution < 1.29 is 18.7 Å². The number of hydrogen-bond acceptors (Lipinski definition) is 6. The van der Waals surface area contributed by atoms with Crippen LogP contribution in [0, 0.1) is 6.92 Å². The van der Waals surface area contributed by atoms with Crippen LogP contribution in [-0.4, -0.2) is 23.4 Å². The summed E-state index contributed by atoms with van der Waals surface area (Å²) in [7, 11) is 0. The molecule has 0 aliphatic heterocycles. The number of oxazole rings is 1. The van der Waals surface area contributed by atoms with Crippen LogP contribution in [-0.2, 0) is 16.1 Å². The lowest BCUT2D eigenvalue weighted by Gasteiger charge is -2.05. The monoisotopic (exact) mass is 440 g/mol. The summed E-state index contributed by atoms with van der Waals surface area (Å²) < 4.78 is 11.8. The number of nitrogens with one attached hydrogen (secondary N) is 1. The highest BCUT2D eigenvalue weighted by Crippen LogP contribution is 2.34. The summed E-state index contributed by atoms with van der Waals surface area (Å²) in [4.78, 5) is 29.2. The van der Waals surface area contributed by atoms with Crippen LogP contribution in [0.4, 0.5) is 0 Å². The van der Waals surface area contributed by atoms with E-state index in [0.29, 0.717) is 27.2 Å². The number of esters is 1. The van der Waals surface area contributed by atoms with E-state index in [1.54, 1.807) is 6.92 Å². The predicted molar refractivity (Wildman–Crippen MR) is 116 cm³/mol. The number of halogens is 1. The fraction of sp³-hybridized carbons (Fsp3) is 0.136. The van der Waals surface area contributed by atoms with Gasteiger partial charge in [-0.05, 0) is 25.1 Å². The Morgan fingerprint density at radius 2 is 1.87 bits per heavy atom. The van der Waals surface area contributed by atoms with Crippen LogP contribution in [0.5, 0.6) is 0 Å². The molecule has 0 spiro atoms. The first-order valence-electron chi connectivity index (χ1n) is 9.15. The van der Waals surface area contributed by atoms with Crippen LogP contribution >= 0.6 is 22.9 Å². The Hall–Kier alpha value is -3.16. The topological polar surface area (TPSA) is 81.4 Å². The SMILES string of the molecule is Cc1oc(-c2ccccc2)nc1COC(=O)CNC(=O)c1sc2ccccc2c1Cl. The van der Waals surface area contributed by atoms with E-state index >= 15 is 0 Å². The number of nitrogens with zero attached hydrogens (tertiary/aromatic N) is 1. The fourth-order valence-corrected chi connectivity index (χ4v) is 4.29. The Bertz CT molecular complexity index is 1220. The van der Waals surface area contributed by atoms with E-state index in [2.05, 4.69) is 10.3 Å². The first-order chi connectivity index (χ1) is 14.5. The third-order valence-corrected chi connectivity index (χ3v) is 6.09. The van der Waals surface area contributed by atoms with E-state index in [4.69, 9.17) is 20.8 Å². The lowest BCUT2D eigenvalue weighted by Crippen LogP contribution is -2.30. The molecule has 30 heavy (non-hydrogen) atoms. The van der Waals surface area contributed by atoms with E-state index in [9.17, 15) is 9.59 Å². The first-order valence-corrected chi connectivity index (χ1v) is 10.3. The van der Waals surface area contributed by atoms with E-state index in [1.165, 1.54) is 11.3 Å². The fourth-order valence-electron chi connectivity index (χ4n) is 2.86. The number of ether oxygens (including phenoxy) is 1. The van der Waals surface area contributed by atoms with Crippen molar-refractivity contribution in [2.75, 3.05) is 6.54 Å². The van der Waals surface area contributed by atoms with Crippen molar-refractivity contribution in [3.63, 3.8) is 0 Å². The van der Waals surface area contributed by atoms with Gasteiger partial charge in [0.05, 0.1) is 5.02 Å². The molecule has 0 radical (unpaired) electrons. The van der Waals surface area contributed by atoms with E-state index in [1.807, 2.05) is 54.6 Å². The molecular weight excluding hydrogens is 424 g/mol. The van der Waals surface area contributed by atoms with Gasteiger partial charge in [-0.1, -0.05) is 48.0 Å². The van der Waals surface area contributed by atoms with Gasteiger partial charge in [0.2, 0.25) is 5.89 Å². The number of aromatic nitrogens is 1. The Labute approximate surface area is 181 Å². The van der Waals surface area contributed by atoms with Gasteiger partial charge in [-0.25, -0.2) is 4.98 Å². The zero-order chi connectivity index (χ0) is 21.1. The Kier molecular flexibility index (Phi) is 5.83. The maximum absolute atomic E-state index is 12.4. The summed E-state index contributed by atoms with van der Waals surface area (Å²) in [6, 6.07) is 16.9. The molecule has 0 aliphatic carbocycles. The second kappa shape index (κ2) is 8.69. The molecule has 0 atom stereocenters. The van der Waals surface area contributed by atoms with Crippen LogP contribution in [0.2, 0.25) is 5.02 Å². The Morgan fingerprint density at radius 3 is 2.63 bits per heavy atom. The summed E-state index contributed by atoms with van der Waals surface area (Å²) >= 11 is 7.57. The highest BCUT2D eigenvalue weighted by molar-refractivity contribution is 7.21. The van der Waals surface area contributed by atoms with Crippen molar-refractivity contribution in [1.29, 1.82) is 0 Å². The minimum Gasteiger partial charge on any atom is -0.458 e. The van der Waals surface area contributed by atoms with Crippen molar-refractivity contribution in [3.05, 3.63) is 76.0 Å². The zero-order valence-electron chi connectivity index (χ0n) is 16.0. The average Bonchev–Trinajstić information content (AvgIpc) is 3.31. The molecule has 0 bridgehead atoms. The third-order valence-electron chi connectivity index (χ3n) is 4.42. The van der Waals surface area contributed by atoms with Gasteiger partial charge >= 0.3 is 5.97 Å². The Morgan fingerprint density at radius 1 is 1.13 bits per heavy atom. The predicted octanol–water partition coefficient (Wildman–Crippen LogP) is 4.99. The molecule has 4 aromatic rings. The number of hydrogen-bond donors (Lipinski definition) is 1. The molecule has 1 amide bonds. The standard InChI is InChI=1S/C22H17ClN2O4S/c1-13-16(25-22(29-13)14-7-3-2-4-8-14)12-28-18(26)11-24-21(27)20-19(23)15-9-5-6-10-17(15)30-20/h2-10H,11-12H2,1H3,(H,24,27). The summed E-state index contributed by atoms with van der Waals surface area (Å²) in [5.41, 5.74) is 1.37. The van der Waals surface area contributed by atoms with E-state index < -0.39 is 11.9 Å². The molecule has 0 saturated carbocycles. The smallest absolute Gasteiger partial charge is 0.325 e. The van der Waals surface area contributed by atoms with Crippen molar-refractivity contribution >= 4 is 44.9 Å². The van der Waals surface area contributed by atoms with E-state index in [0.717, 1.165) is 15.6 Å². The number of benzene rings is 2. The molecule has 2 heterocycles. The molecule has 4 rings (SSSR count). The molecule has 8 heteroatoms. The molecule has 0 unspecified atom stereocenters. The van der Waals surface area contributed by atoms with Gasteiger partial charge in [0, 0.05) is 15.6 Å². The molecule has 2 aromatic heterocycles. The lowest BCUT2D eigenvalue weighted by molar-refractivity contribution is -0.143.